The van der Waals surface area contributed by atoms with E-state index in [4.69, 9.17) is 9.47 Å². The highest BCUT2D eigenvalue weighted by atomic mass is 16.6. The number of hydrogen-bond acceptors (Lipinski definition) is 7. The van der Waals surface area contributed by atoms with Gasteiger partial charge in [-0.25, -0.2) is 4.79 Å². The van der Waals surface area contributed by atoms with Crippen LogP contribution in [-0.2, 0) is 27.4 Å². The molecule has 9 nitrogen and oxygen atoms in total. The first-order chi connectivity index (χ1) is 12.8. The van der Waals surface area contributed by atoms with E-state index in [1.165, 1.54) is 0 Å². The van der Waals surface area contributed by atoms with Crippen LogP contribution in [0.15, 0.2) is 6.33 Å². The van der Waals surface area contributed by atoms with Gasteiger partial charge in [-0.2, -0.15) is 0 Å². The number of rotatable bonds is 7. The lowest BCUT2D eigenvalue weighted by Gasteiger charge is -2.32. The number of amides is 1. The molecule has 0 aliphatic carbocycles. The number of nitrogens with one attached hydrogen (secondary N) is 1. The molecule has 0 bridgehead atoms. The van der Waals surface area contributed by atoms with Gasteiger partial charge < -0.3 is 19.4 Å². The number of nitrogens with zero attached hydrogens (tertiary/aromatic N) is 4. The lowest BCUT2D eigenvalue weighted by Crippen LogP contribution is -2.47. The van der Waals surface area contributed by atoms with Gasteiger partial charge in [0.15, 0.2) is 12.4 Å². The standard InChI is InChI=1S/C18H31N5O4/c1-5-8-23-13-19-21-15(23)12-26-16(24)11-22-9-6-14(7-10-22)20-17(25)27-18(2,3)4/h13-14H,5-12H2,1-4H3,(H,20,25). The monoisotopic (exact) mass is 381 g/mol. The number of aromatic nitrogens is 3. The molecule has 1 aliphatic rings. The third-order valence-corrected chi connectivity index (χ3v) is 4.18. The van der Waals surface area contributed by atoms with Gasteiger partial charge in [-0.3, -0.25) is 9.69 Å². The minimum atomic E-state index is -0.504. The SMILES string of the molecule is CCCn1cnnc1COC(=O)CN1CCC(NC(=O)OC(C)(C)C)CC1. The van der Waals surface area contributed by atoms with E-state index < -0.39 is 11.7 Å². The Labute approximate surface area is 160 Å². The number of carbonyl (C=O) groups excluding carboxylic acids is 2. The van der Waals surface area contributed by atoms with E-state index in [1.807, 2.05) is 30.2 Å². The Balaban J connectivity index is 1.67. The second kappa shape index (κ2) is 9.68. The van der Waals surface area contributed by atoms with Gasteiger partial charge in [-0.05, 0) is 40.0 Å². The van der Waals surface area contributed by atoms with Gasteiger partial charge in [0.05, 0.1) is 6.54 Å². The summed E-state index contributed by atoms with van der Waals surface area (Å²) >= 11 is 0. The maximum Gasteiger partial charge on any atom is 0.407 e. The highest BCUT2D eigenvalue weighted by molar-refractivity contribution is 5.71. The molecule has 1 saturated heterocycles. The number of ether oxygens (including phenoxy) is 2. The highest BCUT2D eigenvalue weighted by Gasteiger charge is 2.24. The van der Waals surface area contributed by atoms with E-state index in [1.54, 1.807) is 6.33 Å². The molecule has 0 saturated carbocycles. The molecule has 1 amide bonds. The molecule has 2 rings (SSSR count). The molecule has 152 valence electrons. The van der Waals surface area contributed by atoms with Crippen LogP contribution in [0, 0.1) is 0 Å². The van der Waals surface area contributed by atoms with Crippen molar-refractivity contribution >= 4 is 12.1 Å². The van der Waals surface area contributed by atoms with Gasteiger partial charge in [0.25, 0.3) is 0 Å². The van der Waals surface area contributed by atoms with E-state index in [-0.39, 0.29) is 25.2 Å². The number of alkyl carbamates (subject to hydrolysis) is 1. The molecule has 1 fully saturated rings. The predicted molar refractivity (Wildman–Crippen MR) is 98.9 cm³/mol. The van der Waals surface area contributed by atoms with Crippen LogP contribution in [0.3, 0.4) is 0 Å². The molecule has 0 atom stereocenters. The summed E-state index contributed by atoms with van der Waals surface area (Å²) in [5.74, 6) is 0.380. The fourth-order valence-corrected chi connectivity index (χ4v) is 2.90. The quantitative estimate of drug-likeness (QED) is 0.718. The van der Waals surface area contributed by atoms with Crippen molar-refractivity contribution < 1.29 is 19.1 Å². The lowest BCUT2D eigenvalue weighted by atomic mass is 10.1. The summed E-state index contributed by atoms with van der Waals surface area (Å²) in [5, 5.41) is 10.7. The third kappa shape index (κ3) is 7.54. The van der Waals surface area contributed by atoms with Crippen LogP contribution >= 0.6 is 0 Å². The summed E-state index contributed by atoms with van der Waals surface area (Å²) in [6.45, 7) is 10.2. The zero-order chi connectivity index (χ0) is 19.9. The second-order valence-electron chi connectivity index (χ2n) is 7.80. The van der Waals surface area contributed by atoms with Gasteiger partial charge in [0.1, 0.15) is 11.9 Å². The van der Waals surface area contributed by atoms with Gasteiger partial charge in [0.2, 0.25) is 0 Å². The molecular weight excluding hydrogens is 350 g/mol. The van der Waals surface area contributed by atoms with Crippen LogP contribution in [0.25, 0.3) is 0 Å². The van der Waals surface area contributed by atoms with Crippen LogP contribution in [0.4, 0.5) is 4.79 Å². The van der Waals surface area contributed by atoms with E-state index in [9.17, 15) is 9.59 Å². The molecule has 0 radical (unpaired) electrons. The van der Waals surface area contributed by atoms with Crippen molar-refractivity contribution in [2.24, 2.45) is 0 Å². The molecule has 1 aliphatic heterocycles. The van der Waals surface area contributed by atoms with Crippen molar-refractivity contribution in [3.05, 3.63) is 12.2 Å². The van der Waals surface area contributed by atoms with E-state index in [0.717, 1.165) is 38.9 Å². The molecule has 0 aromatic carbocycles. The maximum atomic E-state index is 12.1. The van der Waals surface area contributed by atoms with Gasteiger partial charge in [0, 0.05) is 25.7 Å². The van der Waals surface area contributed by atoms with Crippen LogP contribution in [0.5, 0.6) is 0 Å². The zero-order valence-electron chi connectivity index (χ0n) is 16.7. The Hall–Kier alpha value is -2.16. The average Bonchev–Trinajstić information content (AvgIpc) is 3.01. The molecule has 2 heterocycles. The Morgan fingerprint density at radius 1 is 1.30 bits per heavy atom. The largest absolute Gasteiger partial charge is 0.456 e. The minimum Gasteiger partial charge on any atom is -0.456 e. The molecule has 9 heteroatoms. The fourth-order valence-electron chi connectivity index (χ4n) is 2.90. The van der Waals surface area contributed by atoms with Crippen molar-refractivity contribution in [2.45, 2.75) is 71.8 Å². The molecule has 27 heavy (non-hydrogen) atoms. The number of esters is 1. The first kappa shape index (κ1) is 21.1. The van der Waals surface area contributed by atoms with Crippen molar-refractivity contribution in [3.8, 4) is 0 Å². The topological polar surface area (TPSA) is 98.6 Å². The summed E-state index contributed by atoms with van der Waals surface area (Å²) < 4.78 is 12.5. The number of aryl methyl sites for hydroxylation is 1. The van der Waals surface area contributed by atoms with Crippen LogP contribution in [0.1, 0.15) is 52.8 Å². The number of piperidine rings is 1. The number of carbonyl (C=O) groups is 2. The van der Waals surface area contributed by atoms with Gasteiger partial charge >= 0.3 is 12.1 Å². The number of hydrogen-bond donors (Lipinski definition) is 1. The maximum absolute atomic E-state index is 12.1. The van der Waals surface area contributed by atoms with E-state index in [2.05, 4.69) is 22.4 Å². The molecule has 1 N–H and O–H groups in total. The van der Waals surface area contributed by atoms with E-state index >= 15 is 0 Å². The summed E-state index contributed by atoms with van der Waals surface area (Å²) in [6.07, 6.45) is 3.77. The van der Waals surface area contributed by atoms with Gasteiger partial charge in [-0.1, -0.05) is 6.92 Å². The van der Waals surface area contributed by atoms with Crippen molar-refractivity contribution in [1.29, 1.82) is 0 Å². The molecule has 0 spiro atoms. The third-order valence-electron chi connectivity index (χ3n) is 4.18. The lowest BCUT2D eigenvalue weighted by molar-refractivity contribution is -0.146. The Morgan fingerprint density at radius 3 is 2.63 bits per heavy atom. The summed E-state index contributed by atoms with van der Waals surface area (Å²) in [7, 11) is 0. The first-order valence-corrected chi connectivity index (χ1v) is 9.51. The van der Waals surface area contributed by atoms with Crippen molar-refractivity contribution in [2.75, 3.05) is 19.6 Å². The minimum absolute atomic E-state index is 0.0692. The van der Waals surface area contributed by atoms with E-state index in [0.29, 0.717) is 5.82 Å². The van der Waals surface area contributed by atoms with Crippen molar-refractivity contribution in [1.82, 2.24) is 25.0 Å². The smallest absolute Gasteiger partial charge is 0.407 e. The molecule has 0 unspecified atom stereocenters. The molecule has 1 aromatic heterocycles. The molecular formula is C18H31N5O4. The summed E-state index contributed by atoms with van der Waals surface area (Å²) in [6, 6.07) is 0.0692. The van der Waals surface area contributed by atoms with Crippen LogP contribution < -0.4 is 5.32 Å². The molecule has 1 aromatic rings. The first-order valence-electron chi connectivity index (χ1n) is 9.51. The van der Waals surface area contributed by atoms with Crippen LogP contribution in [-0.4, -0.2) is 63.0 Å². The zero-order valence-corrected chi connectivity index (χ0v) is 16.7. The fraction of sp³-hybridized carbons (Fsp3) is 0.778. The normalized spacial score (nSPS) is 16.1. The Bertz CT molecular complexity index is 618. The van der Waals surface area contributed by atoms with Crippen molar-refractivity contribution in [3.63, 3.8) is 0 Å². The van der Waals surface area contributed by atoms with Crippen LogP contribution in [0.2, 0.25) is 0 Å². The van der Waals surface area contributed by atoms with Gasteiger partial charge in [-0.15, -0.1) is 10.2 Å². The summed E-state index contributed by atoms with van der Waals surface area (Å²) in [5.41, 5.74) is -0.504. The number of likely N-dealkylation sites (tertiary alicyclic amines) is 1. The Kier molecular flexibility index (Phi) is 7.58. The summed E-state index contributed by atoms with van der Waals surface area (Å²) in [4.78, 5) is 25.9. The highest BCUT2D eigenvalue weighted by Crippen LogP contribution is 2.12. The average molecular weight is 381 g/mol. The second-order valence-corrected chi connectivity index (χ2v) is 7.80. The predicted octanol–water partition coefficient (Wildman–Crippen LogP) is 1.72. The Morgan fingerprint density at radius 2 is 2.00 bits per heavy atom.